The van der Waals surface area contributed by atoms with Crippen molar-refractivity contribution in [1.82, 2.24) is 20.4 Å². The normalized spacial score (nSPS) is 15.4. The van der Waals surface area contributed by atoms with E-state index in [4.69, 9.17) is 0 Å². The number of nitrogens with one attached hydrogen (secondary N) is 2. The first kappa shape index (κ1) is 17.0. The lowest BCUT2D eigenvalue weighted by atomic mass is 10.0. The molecule has 1 aliphatic heterocycles. The van der Waals surface area contributed by atoms with Crippen molar-refractivity contribution < 1.29 is 14.4 Å². The summed E-state index contributed by atoms with van der Waals surface area (Å²) in [5, 5.41) is 14.1. The molecule has 0 saturated heterocycles. The van der Waals surface area contributed by atoms with E-state index in [1.54, 1.807) is 26.2 Å². The van der Waals surface area contributed by atoms with Gasteiger partial charge in [-0.2, -0.15) is 0 Å². The number of anilines is 1. The molecule has 1 atom stereocenters. The monoisotopic (exact) mass is 359 g/mol. The quantitative estimate of drug-likeness (QED) is 0.828. The molecule has 2 aromatic rings. The van der Waals surface area contributed by atoms with E-state index in [9.17, 15) is 14.4 Å². The first-order valence-electron chi connectivity index (χ1n) is 7.66. The summed E-state index contributed by atoms with van der Waals surface area (Å²) in [4.78, 5) is 37.2. The van der Waals surface area contributed by atoms with E-state index >= 15 is 0 Å². The summed E-state index contributed by atoms with van der Waals surface area (Å²) in [6.45, 7) is 0. The average molecular weight is 359 g/mol. The summed E-state index contributed by atoms with van der Waals surface area (Å²) in [5.41, 5.74) is 1.41. The Labute approximate surface area is 148 Å². The number of amides is 3. The highest BCUT2D eigenvalue weighted by molar-refractivity contribution is 7.15. The zero-order chi connectivity index (χ0) is 18.0. The minimum Gasteiger partial charge on any atom is -0.348 e. The van der Waals surface area contributed by atoms with Gasteiger partial charge in [-0.15, -0.1) is 10.2 Å². The fourth-order valence-electron chi connectivity index (χ4n) is 2.50. The van der Waals surface area contributed by atoms with Crippen LogP contribution in [-0.2, 0) is 16.0 Å². The maximum Gasteiger partial charge on any atom is 0.252 e. The Morgan fingerprint density at radius 3 is 2.80 bits per heavy atom. The smallest absolute Gasteiger partial charge is 0.252 e. The van der Waals surface area contributed by atoms with Crippen LogP contribution in [0.25, 0.3) is 0 Å². The van der Waals surface area contributed by atoms with Crippen molar-refractivity contribution in [2.75, 3.05) is 19.4 Å². The van der Waals surface area contributed by atoms with E-state index in [-0.39, 0.29) is 36.6 Å². The molecule has 1 unspecified atom stereocenters. The average Bonchev–Trinajstić information content (AvgIpc) is 3.12. The number of rotatable bonds is 5. The predicted octanol–water partition coefficient (Wildman–Crippen LogP) is 0.982. The lowest BCUT2D eigenvalue weighted by Crippen LogP contribution is -2.24. The zero-order valence-corrected chi connectivity index (χ0v) is 14.6. The van der Waals surface area contributed by atoms with Gasteiger partial charge in [0.15, 0.2) is 0 Å². The molecule has 0 saturated carbocycles. The third-order valence-electron chi connectivity index (χ3n) is 3.79. The van der Waals surface area contributed by atoms with Crippen molar-refractivity contribution in [2.45, 2.75) is 18.9 Å². The van der Waals surface area contributed by atoms with Crippen LogP contribution in [0.15, 0.2) is 24.3 Å². The van der Waals surface area contributed by atoms with Crippen molar-refractivity contribution in [3.63, 3.8) is 0 Å². The summed E-state index contributed by atoms with van der Waals surface area (Å²) in [7, 11) is 3.33. The molecule has 0 aliphatic carbocycles. The van der Waals surface area contributed by atoms with E-state index < -0.39 is 0 Å². The van der Waals surface area contributed by atoms with Gasteiger partial charge in [0.05, 0.1) is 18.9 Å². The molecule has 9 heteroatoms. The highest BCUT2D eigenvalue weighted by Gasteiger charge is 2.29. The Morgan fingerprint density at radius 1 is 1.28 bits per heavy atom. The SMILES string of the molecule is CN(C)C(=O)Cc1nnc(NC(=O)CC2NC(=O)c3ccccc32)s1. The molecule has 0 spiro atoms. The second-order valence-electron chi connectivity index (χ2n) is 5.83. The maximum absolute atomic E-state index is 12.2. The van der Waals surface area contributed by atoms with E-state index in [1.165, 1.54) is 4.90 Å². The minimum absolute atomic E-state index is 0.0840. The van der Waals surface area contributed by atoms with Gasteiger partial charge in [-0.3, -0.25) is 14.4 Å². The molecule has 1 aliphatic rings. The molecule has 1 aromatic heterocycles. The van der Waals surface area contributed by atoms with Crippen LogP contribution in [-0.4, -0.2) is 46.9 Å². The first-order chi connectivity index (χ1) is 11.9. The van der Waals surface area contributed by atoms with Gasteiger partial charge in [0, 0.05) is 19.7 Å². The van der Waals surface area contributed by atoms with Crippen LogP contribution >= 0.6 is 11.3 Å². The molecular weight excluding hydrogens is 342 g/mol. The number of hydrogen-bond donors (Lipinski definition) is 2. The molecule has 130 valence electrons. The Kier molecular flexibility index (Phi) is 4.75. The van der Waals surface area contributed by atoms with Crippen LogP contribution in [0.3, 0.4) is 0 Å². The van der Waals surface area contributed by atoms with Crippen molar-refractivity contribution in [1.29, 1.82) is 0 Å². The van der Waals surface area contributed by atoms with Gasteiger partial charge in [0.1, 0.15) is 5.01 Å². The first-order valence-corrected chi connectivity index (χ1v) is 8.48. The number of aromatic nitrogens is 2. The van der Waals surface area contributed by atoms with Crippen LogP contribution in [0.1, 0.15) is 33.4 Å². The van der Waals surface area contributed by atoms with Gasteiger partial charge in [-0.1, -0.05) is 29.5 Å². The maximum atomic E-state index is 12.2. The highest BCUT2D eigenvalue weighted by Crippen LogP contribution is 2.28. The van der Waals surface area contributed by atoms with Crippen molar-refractivity contribution in [2.24, 2.45) is 0 Å². The number of benzene rings is 1. The zero-order valence-electron chi connectivity index (χ0n) is 13.8. The number of carbonyl (C=O) groups excluding carboxylic acids is 3. The molecule has 2 heterocycles. The van der Waals surface area contributed by atoms with Gasteiger partial charge in [0.25, 0.3) is 5.91 Å². The number of nitrogens with zero attached hydrogens (tertiary/aromatic N) is 3. The van der Waals surface area contributed by atoms with Crippen LogP contribution in [0, 0.1) is 0 Å². The Hall–Kier alpha value is -2.81. The molecule has 0 fully saturated rings. The summed E-state index contributed by atoms with van der Waals surface area (Å²) < 4.78 is 0. The molecule has 0 radical (unpaired) electrons. The van der Waals surface area contributed by atoms with Gasteiger partial charge in [-0.25, -0.2) is 0 Å². The molecule has 8 nitrogen and oxygen atoms in total. The van der Waals surface area contributed by atoms with Crippen LogP contribution < -0.4 is 10.6 Å². The van der Waals surface area contributed by atoms with Crippen LogP contribution in [0.2, 0.25) is 0 Å². The minimum atomic E-state index is -0.355. The fourth-order valence-corrected chi connectivity index (χ4v) is 3.25. The van der Waals surface area contributed by atoms with E-state index in [0.717, 1.165) is 16.9 Å². The van der Waals surface area contributed by atoms with Crippen LogP contribution in [0.5, 0.6) is 0 Å². The molecule has 2 N–H and O–H groups in total. The lowest BCUT2D eigenvalue weighted by Gasteiger charge is -2.10. The molecule has 3 amide bonds. The molecule has 0 bridgehead atoms. The second kappa shape index (κ2) is 6.98. The summed E-state index contributed by atoms with van der Waals surface area (Å²) >= 11 is 1.16. The Bertz CT molecular complexity index is 833. The number of fused-ring (bicyclic) bond motifs is 1. The Balaban J connectivity index is 1.60. The fraction of sp³-hybridized carbons (Fsp3) is 0.312. The van der Waals surface area contributed by atoms with E-state index in [1.807, 2.05) is 12.1 Å². The topological polar surface area (TPSA) is 104 Å². The van der Waals surface area contributed by atoms with Gasteiger partial charge in [-0.05, 0) is 11.6 Å². The molecule has 25 heavy (non-hydrogen) atoms. The van der Waals surface area contributed by atoms with Gasteiger partial charge in [0.2, 0.25) is 16.9 Å². The second-order valence-corrected chi connectivity index (χ2v) is 6.89. The van der Waals surface area contributed by atoms with Gasteiger partial charge >= 0.3 is 0 Å². The third-order valence-corrected chi connectivity index (χ3v) is 4.63. The summed E-state index contributed by atoms with van der Waals surface area (Å²) in [6.07, 6.45) is 0.251. The molecule has 1 aromatic carbocycles. The van der Waals surface area contributed by atoms with E-state index in [2.05, 4.69) is 20.8 Å². The predicted molar refractivity (Wildman–Crippen MR) is 92.2 cm³/mol. The highest BCUT2D eigenvalue weighted by atomic mass is 32.1. The number of carbonyl (C=O) groups is 3. The van der Waals surface area contributed by atoms with Crippen molar-refractivity contribution in [3.8, 4) is 0 Å². The number of likely N-dealkylation sites (N-methyl/N-ethyl adjacent to an activating group) is 1. The number of hydrogen-bond acceptors (Lipinski definition) is 6. The van der Waals surface area contributed by atoms with Gasteiger partial charge < -0.3 is 15.5 Å². The lowest BCUT2D eigenvalue weighted by molar-refractivity contribution is -0.128. The molecule has 3 rings (SSSR count). The standard InChI is InChI=1S/C16H17N5O3S/c1-21(2)14(23)8-13-19-20-16(25-13)18-12(22)7-11-9-5-3-4-6-10(9)15(24)17-11/h3-6,11H,7-8H2,1-2H3,(H,17,24)(H,18,20,22). The van der Waals surface area contributed by atoms with Crippen molar-refractivity contribution >= 4 is 34.2 Å². The largest absolute Gasteiger partial charge is 0.348 e. The summed E-state index contributed by atoms with van der Waals surface area (Å²) in [5.74, 6) is -0.531. The van der Waals surface area contributed by atoms with E-state index in [0.29, 0.717) is 15.7 Å². The van der Waals surface area contributed by atoms with Crippen molar-refractivity contribution in [3.05, 3.63) is 40.4 Å². The summed E-state index contributed by atoms with van der Waals surface area (Å²) in [6, 6.07) is 6.84. The Morgan fingerprint density at radius 2 is 2.04 bits per heavy atom. The van der Waals surface area contributed by atoms with Crippen LogP contribution in [0.4, 0.5) is 5.13 Å². The third kappa shape index (κ3) is 3.82. The molecular formula is C16H17N5O3S.